The smallest absolute Gasteiger partial charge is 0.263 e. The van der Waals surface area contributed by atoms with Crippen molar-refractivity contribution in [3.63, 3.8) is 0 Å². The highest BCUT2D eigenvalue weighted by Crippen LogP contribution is 2.31. The maximum absolute atomic E-state index is 12.3. The van der Waals surface area contributed by atoms with Crippen LogP contribution in [-0.4, -0.2) is 21.8 Å². The fourth-order valence-corrected chi connectivity index (χ4v) is 2.73. The lowest BCUT2D eigenvalue weighted by atomic mass is 10.0. The Balaban J connectivity index is 2.09. The normalized spacial score (nSPS) is 10.6. The van der Waals surface area contributed by atoms with Gasteiger partial charge in [0.05, 0.1) is 5.52 Å². The summed E-state index contributed by atoms with van der Waals surface area (Å²) in [5.41, 5.74) is 1.04. The molecular weight excluding hydrogens is 320 g/mol. The van der Waals surface area contributed by atoms with Crippen LogP contribution in [0.1, 0.15) is 33.2 Å². The van der Waals surface area contributed by atoms with Crippen LogP contribution in [0.25, 0.3) is 10.9 Å². The van der Waals surface area contributed by atoms with Crippen LogP contribution in [0.5, 0.6) is 5.75 Å². The minimum Gasteiger partial charge on any atom is -0.506 e. The van der Waals surface area contributed by atoms with E-state index in [1.54, 1.807) is 43.3 Å². The average Bonchev–Trinajstić information content (AvgIpc) is 2.58. The fourth-order valence-electron chi connectivity index (χ4n) is 2.73. The predicted octanol–water partition coefficient (Wildman–Crippen LogP) is 3.00. The Kier molecular flexibility index (Phi) is 4.10. The summed E-state index contributed by atoms with van der Waals surface area (Å²) < 4.78 is 0. The zero-order chi connectivity index (χ0) is 18.1. The molecule has 6 heteroatoms. The molecule has 2 aromatic carbocycles. The average molecular weight is 336 g/mol. The molecule has 0 spiro atoms. The Morgan fingerprint density at radius 3 is 2.40 bits per heavy atom. The summed E-state index contributed by atoms with van der Waals surface area (Å²) in [7, 11) is 0. The first-order chi connectivity index (χ1) is 11.9. The molecule has 126 valence electrons. The standard InChI is InChI=1S/C19H16N2O4/c1-10-14(20-18(24)12-6-4-3-5-7-12)9-8-13-16(10)21-19(25)15(11(2)22)17(13)23/h3-9H,1-2H3,(H,20,24)(H2,21,23,25). The largest absolute Gasteiger partial charge is 0.506 e. The van der Waals surface area contributed by atoms with E-state index in [-0.39, 0.29) is 17.2 Å². The van der Waals surface area contributed by atoms with E-state index in [1.807, 2.05) is 6.07 Å². The molecule has 0 unspecified atom stereocenters. The van der Waals surface area contributed by atoms with Crippen molar-refractivity contribution < 1.29 is 14.7 Å². The van der Waals surface area contributed by atoms with Gasteiger partial charge in [0.1, 0.15) is 11.3 Å². The first kappa shape index (κ1) is 16.4. The van der Waals surface area contributed by atoms with E-state index in [1.165, 1.54) is 6.92 Å². The lowest BCUT2D eigenvalue weighted by Gasteiger charge is -2.12. The third-order valence-corrected chi connectivity index (χ3v) is 4.06. The van der Waals surface area contributed by atoms with Gasteiger partial charge in [0.25, 0.3) is 11.5 Å². The number of H-pyrrole nitrogens is 1. The second kappa shape index (κ2) is 6.24. The number of aromatic amines is 1. The van der Waals surface area contributed by atoms with Crippen molar-refractivity contribution in [2.45, 2.75) is 13.8 Å². The topological polar surface area (TPSA) is 99.3 Å². The summed E-state index contributed by atoms with van der Waals surface area (Å²) in [6.07, 6.45) is 0. The number of hydrogen-bond acceptors (Lipinski definition) is 4. The number of ketones is 1. The molecule has 3 N–H and O–H groups in total. The summed E-state index contributed by atoms with van der Waals surface area (Å²) in [6, 6.07) is 11.9. The van der Waals surface area contributed by atoms with Crippen molar-refractivity contribution in [3.05, 3.63) is 69.5 Å². The Labute approximate surface area is 143 Å². The van der Waals surface area contributed by atoms with Crippen molar-refractivity contribution >= 4 is 28.3 Å². The number of benzene rings is 2. The lowest BCUT2D eigenvalue weighted by Crippen LogP contribution is -2.17. The van der Waals surface area contributed by atoms with Gasteiger partial charge in [0.15, 0.2) is 5.78 Å². The van der Waals surface area contributed by atoms with Crippen LogP contribution in [-0.2, 0) is 0 Å². The second-order valence-corrected chi connectivity index (χ2v) is 5.71. The van der Waals surface area contributed by atoms with Gasteiger partial charge in [-0.2, -0.15) is 0 Å². The van der Waals surface area contributed by atoms with Crippen LogP contribution in [0.2, 0.25) is 0 Å². The third kappa shape index (κ3) is 2.89. The number of fused-ring (bicyclic) bond motifs is 1. The molecule has 0 saturated heterocycles. The van der Waals surface area contributed by atoms with Crippen LogP contribution >= 0.6 is 0 Å². The second-order valence-electron chi connectivity index (χ2n) is 5.71. The van der Waals surface area contributed by atoms with Gasteiger partial charge in [0, 0.05) is 16.6 Å². The summed E-state index contributed by atoms with van der Waals surface area (Å²) in [5, 5.41) is 13.4. The SMILES string of the molecule is CC(=O)c1c(O)c2ccc(NC(=O)c3ccccc3)c(C)c2[nH]c1=O. The summed E-state index contributed by atoms with van der Waals surface area (Å²) in [5.74, 6) is -1.15. The fraction of sp³-hybridized carbons (Fsp3) is 0.105. The molecule has 25 heavy (non-hydrogen) atoms. The molecule has 3 aromatic rings. The molecule has 0 radical (unpaired) electrons. The number of pyridine rings is 1. The summed E-state index contributed by atoms with van der Waals surface area (Å²) >= 11 is 0. The van der Waals surface area contributed by atoms with E-state index in [0.29, 0.717) is 27.7 Å². The molecule has 0 aliphatic heterocycles. The van der Waals surface area contributed by atoms with Crippen molar-refractivity contribution in [2.24, 2.45) is 0 Å². The zero-order valence-electron chi connectivity index (χ0n) is 13.7. The highest BCUT2D eigenvalue weighted by Gasteiger charge is 2.18. The molecule has 0 aliphatic rings. The van der Waals surface area contributed by atoms with Gasteiger partial charge in [-0.25, -0.2) is 0 Å². The van der Waals surface area contributed by atoms with Crippen molar-refractivity contribution in [3.8, 4) is 5.75 Å². The van der Waals surface area contributed by atoms with E-state index >= 15 is 0 Å². The highest BCUT2D eigenvalue weighted by molar-refractivity contribution is 6.07. The zero-order valence-corrected chi connectivity index (χ0v) is 13.7. The van der Waals surface area contributed by atoms with Gasteiger partial charge in [-0.15, -0.1) is 0 Å². The molecule has 1 amide bonds. The van der Waals surface area contributed by atoms with E-state index in [2.05, 4.69) is 10.3 Å². The maximum Gasteiger partial charge on any atom is 0.263 e. The Morgan fingerprint density at radius 1 is 1.08 bits per heavy atom. The van der Waals surface area contributed by atoms with Crippen LogP contribution < -0.4 is 10.9 Å². The molecule has 3 rings (SSSR count). The molecule has 1 aromatic heterocycles. The van der Waals surface area contributed by atoms with E-state index in [4.69, 9.17) is 0 Å². The number of aromatic hydroxyl groups is 1. The number of amides is 1. The number of rotatable bonds is 3. The number of aromatic nitrogens is 1. The van der Waals surface area contributed by atoms with Gasteiger partial charge in [-0.05, 0) is 43.7 Å². The van der Waals surface area contributed by atoms with E-state index in [9.17, 15) is 19.5 Å². The van der Waals surface area contributed by atoms with Crippen LogP contribution in [0.3, 0.4) is 0 Å². The molecule has 6 nitrogen and oxygen atoms in total. The predicted molar refractivity (Wildman–Crippen MR) is 95.4 cm³/mol. The Hall–Kier alpha value is -3.41. The quantitative estimate of drug-likeness (QED) is 0.640. The van der Waals surface area contributed by atoms with Crippen LogP contribution in [0.15, 0.2) is 47.3 Å². The number of nitrogens with one attached hydrogen (secondary N) is 2. The first-order valence-corrected chi connectivity index (χ1v) is 7.66. The van der Waals surface area contributed by atoms with Crippen molar-refractivity contribution in [2.75, 3.05) is 5.32 Å². The van der Waals surface area contributed by atoms with Crippen LogP contribution in [0.4, 0.5) is 5.69 Å². The third-order valence-electron chi connectivity index (χ3n) is 4.06. The molecule has 0 atom stereocenters. The number of hydrogen-bond donors (Lipinski definition) is 3. The lowest BCUT2D eigenvalue weighted by molar-refractivity contribution is 0.101. The maximum atomic E-state index is 12.3. The van der Waals surface area contributed by atoms with Crippen molar-refractivity contribution in [1.29, 1.82) is 0 Å². The number of anilines is 1. The van der Waals surface area contributed by atoms with Crippen molar-refractivity contribution in [1.82, 2.24) is 4.98 Å². The molecular formula is C19H16N2O4. The molecule has 1 heterocycles. The summed E-state index contributed by atoms with van der Waals surface area (Å²) in [6.45, 7) is 2.93. The van der Waals surface area contributed by atoms with Gasteiger partial charge in [-0.3, -0.25) is 14.4 Å². The number of aryl methyl sites for hydroxylation is 1. The Bertz CT molecular complexity index is 1050. The number of carbonyl (C=O) groups is 2. The van der Waals surface area contributed by atoms with Gasteiger partial charge in [-0.1, -0.05) is 18.2 Å². The molecule has 0 saturated carbocycles. The first-order valence-electron chi connectivity index (χ1n) is 7.66. The minimum absolute atomic E-state index is 0.270. The summed E-state index contributed by atoms with van der Waals surface area (Å²) in [4.78, 5) is 38.5. The molecule has 0 bridgehead atoms. The number of Topliss-reactive ketones (excluding diaryl/α,β-unsaturated/α-hetero) is 1. The van der Waals surface area contributed by atoms with Gasteiger partial charge >= 0.3 is 0 Å². The molecule has 0 fully saturated rings. The number of carbonyl (C=O) groups excluding carboxylic acids is 2. The monoisotopic (exact) mass is 336 g/mol. The highest BCUT2D eigenvalue weighted by atomic mass is 16.3. The Morgan fingerprint density at radius 2 is 1.76 bits per heavy atom. The van der Waals surface area contributed by atoms with E-state index in [0.717, 1.165) is 0 Å². The minimum atomic E-state index is -0.660. The molecule has 0 aliphatic carbocycles. The van der Waals surface area contributed by atoms with E-state index < -0.39 is 11.3 Å². The van der Waals surface area contributed by atoms with Crippen LogP contribution in [0, 0.1) is 6.92 Å². The van der Waals surface area contributed by atoms with Gasteiger partial charge in [0.2, 0.25) is 0 Å². The van der Waals surface area contributed by atoms with Gasteiger partial charge < -0.3 is 15.4 Å².